The number of fused-ring (bicyclic) bond motifs is 1. The molecular weight excluding hydrogens is 461 g/mol. The third-order valence-corrected chi connectivity index (χ3v) is 5.71. The number of benzene rings is 2. The molecule has 2 aromatic carbocycles. The van der Waals surface area contributed by atoms with Crippen molar-refractivity contribution in [3.05, 3.63) is 78.1 Å². The quantitative estimate of drug-likeness (QED) is 0.300. The van der Waals surface area contributed by atoms with Gasteiger partial charge < -0.3 is 15.4 Å². The normalized spacial score (nSPS) is 13.8. The summed E-state index contributed by atoms with van der Waals surface area (Å²) in [4.78, 5) is 37.9. The standard InChI is InChI=1S/C24H17ClFN5O3/c25-20-11-19-18(12-27-20)21(29-13-28-19)34-17-7-5-16(6-8-17)31-23(33)24(9-10-24)22(32)30-15-3-1-14(26)2-4-15/h1-8,11-13H,9-10H2,(H,30,32)(H,31,33). The van der Waals surface area contributed by atoms with Gasteiger partial charge in [-0.1, -0.05) is 11.6 Å². The number of ether oxygens (including phenoxy) is 1. The smallest absolute Gasteiger partial charge is 0.240 e. The fraction of sp³-hybridized carbons (Fsp3) is 0.125. The van der Waals surface area contributed by atoms with Gasteiger partial charge in [0.15, 0.2) is 0 Å². The lowest BCUT2D eigenvalue weighted by Crippen LogP contribution is -2.35. The van der Waals surface area contributed by atoms with Crippen molar-refractivity contribution < 1.29 is 18.7 Å². The molecule has 2 heterocycles. The van der Waals surface area contributed by atoms with Crippen LogP contribution in [0.5, 0.6) is 11.6 Å². The van der Waals surface area contributed by atoms with Gasteiger partial charge in [0, 0.05) is 23.6 Å². The average Bonchev–Trinajstić information content (AvgIpc) is 3.64. The van der Waals surface area contributed by atoms with E-state index in [2.05, 4.69) is 25.6 Å². The van der Waals surface area contributed by atoms with Crippen LogP contribution in [0.2, 0.25) is 5.15 Å². The molecule has 34 heavy (non-hydrogen) atoms. The van der Waals surface area contributed by atoms with E-state index in [0.717, 1.165) is 0 Å². The van der Waals surface area contributed by atoms with Crippen LogP contribution < -0.4 is 15.4 Å². The summed E-state index contributed by atoms with van der Waals surface area (Å²) in [5.74, 6) is -0.409. The highest BCUT2D eigenvalue weighted by atomic mass is 35.5. The summed E-state index contributed by atoms with van der Waals surface area (Å²) >= 11 is 5.91. The number of anilines is 2. The number of amides is 2. The van der Waals surface area contributed by atoms with Crippen molar-refractivity contribution in [2.24, 2.45) is 5.41 Å². The fourth-order valence-electron chi connectivity index (χ4n) is 3.42. The molecule has 2 N–H and O–H groups in total. The third-order valence-electron chi connectivity index (χ3n) is 5.50. The minimum absolute atomic E-state index is 0.317. The van der Waals surface area contributed by atoms with Gasteiger partial charge in [0.05, 0.1) is 10.9 Å². The molecule has 1 aliphatic rings. The zero-order valence-electron chi connectivity index (χ0n) is 17.6. The molecule has 4 aromatic rings. The van der Waals surface area contributed by atoms with Crippen molar-refractivity contribution in [1.29, 1.82) is 0 Å². The van der Waals surface area contributed by atoms with Crippen LogP contribution in [0, 0.1) is 11.2 Å². The van der Waals surface area contributed by atoms with Gasteiger partial charge in [-0.05, 0) is 61.4 Å². The number of nitrogens with one attached hydrogen (secondary N) is 2. The van der Waals surface area contributed by atoms with E-state index in [1.807, 2.05) is 0 Å². The first-order chi connectivity index (χ1) is 16.4. The highest BCUT2D eigenvalue weighted by Gasteiger charge is 2.56. The second-order valence-corrected chi connectivity index (χ2v) is 8.21. The van der Waals surface area contributed by atoms with Crippen LogP contribution in [-0.2, 0) is 9.59 Å². The number of halogens is 2. The van der Waals surface area contributed by atoms with E-state index in [0.29, 0.717) is 51.9 Å². The van der Waals surface area contributed by atoms with E-state index in [-0.39, 0.29) is 0 Å². The van der Waals surface area contributed by atoms with Crippen LogP contribution in [0.25, 0.3) is 10.9 Å². The molecule has 0 spiro atoms. The van der Waals surface area contributed by atoms with E-state index in [4.69, 9.17) is 16.3 Å². The lowest BCUT2D eigenvalue weighted by Gasteiger charge is -2.16. The topological polar surface area (TPSA) is 106 Å². The van der Waals surface area contributed by atoms with Gasteiger partial charge in [0.1, 0.15) is 28.5 Å². The maximum atomic E-state index is 13.1. The number of hydrogen-bond acceptors (Lipinski definition) is 6. The van der Waals surface area contributed by atoms with Gasteiger partial charge in [-0.25, -0.2) is 19.3 Å². The summed E-state index contributed by atoms with van der Waals surface area (Å²) < 4.78 is 18.9. The minimum Gasteiger partial charge on any atom is -0.438 e. The highest BCUT2D eigenvalue weighted by Crippen LogP contribution is 2.47. The van der Waals surface area contributed by atoms with Gasteiger partial charge in [0.25, 0.3) is 0 Å². The Bertz CT molecular complexity index is 1390. The zero-order valence-corrected chi connectivity index (χ0v) is 18.3. The summed E-state index contributed by atoms with van der Waals surface area (Å²) in [7, 11) is 0. The molecule has 8 nitrogen and oxygen atoms in total. The molecule has 0 unspecified atom stereocenters. The van der Waals surface area contributed by atoms with Crippen molar-refractivity contribution in [3.8, 4) is 11.6 Å². The molecule has 0 bridgehead atoms. The second-order valence-electron chi connectivity index (χ2n) is 7.83. The molecule has 170 valence electrons. The van der Waals surface area contributed by atoms with Crippen molar-refractivity contribution in [1.82, 2.24) is 15.0 Å². The van der Waals surface area contributed by atoms with Crippen LogP contribution in [0.1, 0.15) is 12.8 Å². The Balaban J connectivity index is 1.25. The molecule has 10 heteroatoms. The molecular formula is C24H17ClFN5O3. The first kappa shape index (κ1) is 21.7. The monoisotopic (exact) mass is 477 g/mol. The van der Waals surface area contributed by atoms with Crippen LogP contribution in [0.4, 0.5) is 15.8 Å². The van der Waals surface area contributed by atoms with Crippen molar-refractivity contribution in [2.45, 2.75) is 12.8 Å². The predicted molar refractivity (Wildman–Crippen MR) is 124 cm³/mol. The first-order valence-electron chi connectivity index (χ1n) is 10.4. The molecule has 2 amide bonds. The number of nitrogens with zero attached hydrogens (tertiary/aromatic N) is 3. The second kappa shape index (κ2) is 8.68. The number of hydrogen-bond donors (Lipinski definition) is 2. The third kappa shape index (κ3) is 4.38. The van der Waals surface area contributed by atoms with Gasteiger partial charge in [-0.15, -0.1) is 0 Å². The largest absolute Gasteiger partial charge is 0.438 e. The lowest BCUT2D eigenvalue weighted by molar-refractivity contribution is -0.131. The van der Waals surface area contributed by atoms with Gasteiger partial charge >= 0.3 is 0 Å². The van der Waals surface area contributed by atoms with Crippen molar-refractivity contribution >= 4 is 45.7 Å². The molecule has 0 aliphatic heterocycles. The molecule has 0 saturated heterocycles. The summed E-state index contributed by atoms with van der Waals surface area (Å²) in [5, 5.41) is 6.38. The predicted octanol–water partition coefficient (Wildman–Crippen LogP) is 4.97. The maximum Gasteiger partial charge on any atom is 0.240 e. The summed E-state index contributed by atoms with van der Waals surface area (Å²) in [6.45, 7) is 0. The van der Waals surface area contributed by atoms with Crippen LogP contribution >= 0.6 is 11.6 Å². The molecule has 0 atom stereocenters. The number of carbonyl (C=O) groups excluding carboxylic acids is 2. The Labute approximate surface area is 198 Å². The summed E-state index contributed by atoms with van der Waals surface area (Å²) in [6, 6.07) is 13.7. The van der Waals surface area contributed by atoms with Gasteiger partial charge in [0.2, 0.25) is 17.7 Å². The number of aromatic nitrogens is 3. The van der Waals surface area contributed by atoms with E-state index in [1.165, 1.54) is 36.8 Å². The minimum atomic E-state index is -1.14. The molecule has 1 saturated carbocycles. The van der Waals surface area contributed by atoms with E-state index < -0.39 is 23.0 Å². The number of rotatable bonds is 6. The molecule has 1 aliphatic carbocycles. The SMILES string of the molecule is O=C(Nc1ccc(F)cc1)C1(C(=O)Nc2ccc(Oc3ncnc4cc(Cl)ncc34)cc2)CC1. The molecule has 2 aromatic heterocycles. The van der Waals surface area contributed by atoms with Gasteiger partial charge in [-0.2, -0.15) is 0 Å². The van der Waals surface area contributed by atoms with Crippen LogP contribution in [0.15, 0.2) is 67.1 Å². The van der Waals surface area contributed by atoms with E-state index in [1.54, 1.807) is 30.3 Å². The van der Waals surface area contributed by atoms with Crippen LogP contribution in [0.3, 0.4) is 0 Å². The Hall–Kier alpha value is -4.11. The zero-order chi connectivity index (χ0) is 23.7. The Morgan fingerprint density at radius 1 is 0.912 bits per heavy atom. The summed E-state index contributed by atoms with van der Waals surface area (Å²) in [5.41, 5.74) is 0.404. The maximum absolute atomic E-state index is 13.1. The Morgan fingerprint density at radius 2 is 1.53 bits per heavy atom. The summed E-state index contributed by atoms with van der Waals surface area (Å²) in [6.07, 6.45) is 3.78. The highest BCUT2D eigenvalue weighted by molar-refractivity contribution is 6.30. The molecule has 5 rings (SSSR count). The number of carbonyl (C=O) groups is 2. The lowest BCUT2D eigenvalue weighted by atomic mass is 10.0. The van der Waals surface area contributed by atoms with Crippen molar-refractivity contribution in [2.75, 3.05) is 10.6 Å². The Morgan fingerprint density at radius 3 is 2.15 bits per heavy atom. The van der Waals surface area contributed by atoms with Crippen LogP contribution in [-0.4, -0.2) is 26.8 Å². The fourth-order valence-corrected chi connectivity index (χ4v) is 3.57. The molecule has 1 fully saturated rings. The van der Waals surface area contributed by atoms with Crippen molar-refractivity contribution in [3.63, 3.8) is 0 Å². The van der Waals surface area contributed by atoms with E-state index >= 15 is 0 Å². The van der Waals surface area contributed by atoms with Gasteiger partial charge in [-0.3, -0.25) is 9.59 Å². The number of pyridine rings is 1. The average molecular weight is 478 g/mol. The van der Waals surface area contributed by atoms with E-state index in [9.17, 15) is 14.0 Å². The molecule has 0 radical (unpaired) electrons. The first-order valence-corrected chi connectivity index (χ1v) is 10.7. The Kier molecular flexibility index (Phi) is 5.54.